The first-order chi connectivity index (χ1) is 9.67. The molecular weight excluding hydrogens is 252 g/mol. The van der Waals surface area contributed by atoms with Crippen LogP contribution in [-0.2, 0) is 11.3 Å². The second-order valence-corrected chi connectivity index (χ2v) is 4.56. The molecule has 1 amide bonds. The Hall–Kier alpha value is -2.04. The van der Waals surface area contributed by atoms with E-state index in [1.54, 1.807) is 7.05 Å². The molecule has 0 heterocycles. The Morgan fingerprint density at radius 2 is 1.95 bits per heavy atom. The lowest BCUT2D eigenvalue weighted by molar-refractivity contribution is -0.120. The Balaban J connectivity index is 2.37. The molecule has 0 aliphatic carbocycles. The van der Waals surface area contributed by atoms with Crippen LogP contribution in [0.15, 0.2) is 29.3 Å². The van der Waals surface area contributed by atoms with Crippen LogP contribution in [0.4, 0.5) is 0 Å². The molecule has 0 saturated heterocycles. The zero-order valence-electron chi connectivity index (χ0n) is 12.5. The highest BCUT2D eigenvalue weighted by atomic mass is 16.1. The number of carbonyl (C=O) groups is 1. The van der Waals surface area contributed by atoms with Crippen molar-refractivity contribution >= 4 is 11.9 Å². The summed E-state index contributed by atoms with van der Waals surface area (Å²) in [6, 6.07) is 8.18. The van der Waals surface area contributed by atoms with E-state index >= 15 is 0 Å². The third-order valence-electron chi connectivity index (χ3n) is 2.92. The number of nitrogens with one attached hydrogen (secondary N) is 3. The molecule has 0 fully saturated rings. The molecule has 1 rings (SSSR count). The second kappa shape index (κ2) is 8.96. The average Bonchev–Trinajstić information content (AvgIpc) is 2.46. The van der Waals surface area contributed by atoms with Gasteiger partial charge in [-0.25, -0.2) is 0 Å². The van der Waals surface area contributed by atoms with Gasteiger partial charge in [-0.2, -0.15) is 0 Å². The van der Waals surface area contributed by atoms with Gasteiger partial charge in [-0.3, -0.25) is 9.79 Å². The minimum absolute atomic E-state index is 0.0225. The largest absolute Gasteiger partial charge is 0.355 e. The maximum atomic E-state index is 11.5. The topological polar surface area (TPSA) is 65.5 Å². The fraction of sp³-hybridized carbons (Fsp3) is 0.467. The van der Waals surface area contributed by atoms with Gasteiger partial charge in [0.15, 0.2) is 5.96 Å². The van der Waals surface area contributed by atoms with Crippen molar-refractivity contribution in [2.75, 3.05) is 20.1 Å². The SMILES string of the molecule is CCCNC(=O)CNC(=NC)NCc1ccccc1C. The number of guanidine groups is 1. The maximum Gasteiger partial charge on any atom is 0.239 e. The normalized spacial score (nSPS) is 11.1. The van der Waals surface area contributed by atoms with Gasteiger partial charge in [-0.05, 0) is 24.5 Å². The summed E-state index contributed by atoms with van der Waals surface area (Å²) in [5.41, 5.74) is 2.45. The zero-order valence-corrected chi connectivity index (χ0v) is 12.5. The highest BCUT2D eigenvalue weighted by molar-refractivity contribution is 5.86. The lowest BCUT2D eigenvalue weighted by atomic mass is 10.1. The minimum atomic E-state index is -0.0225. The average molecular weight is 276 g/mol. The lowest BCUT2D eigenvalue weighted by Crippen LogP contribution is -2.43. The summed E-state index contributed by atoms with van der Waals surface area (Å²) >= 11 is 0. The quantitative estimate of drug-likeness (QED) is 0.540. The van der Waals surface area contributed by atoms with E-state index in [9.17, 15) is 4.79 Å². The predicted octanol–water partition coefficient (Wildman–Crippen LogP) is 1.19. The first-order valence-corrected chi connectivity index (χ1v) is 6.93. The molecule has 20 heavy (non-hydrogen) atoms. The molecule has 0 radical (unpaired) electrons. The Bertz CT molecular complexity index is 457. The van der Waals surface area contributed by atoms with Crippen molar-refractivity contribution in [3.05, 3.63) is 35.4 Å². The second-order valence-electron chi connectivity index (χ2n) is 4.56. The van der Waals surface area contributed by atoms with Crippen LogP contribution in [0, 0.1) is 6.92 Å². The standard InChI is InChI=1S/C15H24N4O/c1-4-9-17-14(20)11-19-15(16-3)18-10-13-8-6-5-7-12(13)2/h5-8H,4,9-11H2,1-3H3,(H,17,20)(H2,16,18,19). The molecule has 0 spiro atoms. The fourth-order valence-electron chi connectivity index (χ4n) is 1.70. The Morgan fingerprint density at radius 3 is 2.60 bits per heavy atom. The highest BCUT2D eigenvalue weighted by Crippen LogP contribution is 2.05. The first-order valence-electron chi connectivity index (χ1n) is 6.93. The van der Waals surface area contributed by atoms with E-state index < -0.39 is 0 Å². The smallest absolute Gasteiger partial charge is 0.239 e. The maximum absolute atomic E-state index is 11.5. The van der Waals surface area contributed by atoms with Gasteiger partial charge < -0.3 is 16.0 Å². The number of aryl methyl sites for hydroxylation is 1. The molecule has 0 aromatic heterocycles. The van der Waals surface area contributed by atoms with Crippen molar-refractivity contribution in [1.29, 1.82) is 0 Å². The molecule has 1 aromatic carbocycles. The number of hydrogen-bond donors (Lipinski definition) is 3. The summed E-state index contributed by atoms with van der Waals surface area (Å²) in [6.07, 6.45) is 0.937. The zero-order chi connectivity index (χ0) is 14.8. The Morgan fingerprint density at radius 1 is 1.20 bits per heavy atom. The predicted molar refractivity (Wildman–Crippen MR) is 82.7 cm³/mol. The number of amides is 1. The molecule has 0 unspecified atom stereocenters. The molecular formula is C15H24N4O. The molecule has 3 N–H and O–H groups in total. The molecule has 0 bridgehead atoms. The number of nitrogens with zero attached hydrogens (tertiary/aromatic N) is 1. The number of benzene rings is 1. The summed E-state index contributed by atoms with van der Waals surface area (Å²) in [4.78, 5) is 15.6. The van der Waals surface area contributed by atoms with E-state index in [-0.39, 0.29) is 12.5 Å². The summed E-state index contributed by atoms with van der Waals surface area (Å²) in [5.74, 6) is 0.602. The van der Waals surface area contributed by atoms with Crippen LogP contribution in [0.25, 0.3) is 0 Å². The van der Waals surface area contributed by atoms with Gasteiger partial charge >= 0.3 is 0 Å². The number of carbonyl (C=O) groups excluding carboxylic acids is 1. The van der Waals surface area contributed by atoms with Crippen LogP contribution in [0.2, 0.25) is 0 Å². The van der Waals surface area contributed by atoms with E-state index in [1.807, 2.05) is 19.1 Å². The van der Waals surface area contributed by atoms with E-state index in [2.05, 4.69) is 40.0 Å². The third-order valence-corrected chi connectivity index (χ3v) is 2.92. The van der Waals surface area contributed by atoms with Gasteiger partial charge in [0, 0.05) is 20.1 Å². The van der Waals surface area contributed by atoms with Crippen molar-refractivity contribution in [2.24, 2.45) is 4.99 Å². The lowest BCUT2D eigenvalue weighted by Gasteiger charge is -2.13. The van der Waals surface area contributed by atoms with Crippen molar-refractivity contribution < 1.29 is 4.79 Å². The van der Waals surface area contributed by atoms with Crippen LogP contribution in [0.5, 0.6) is 0 Å². The summed E-state index contributed by atoms with van der Waals surface area (Å²) < 4.78 is 0. The molecule has 0 saturated carbocycles. The Kier molecular flexibility index (Phi) is 7.17. The summed E-state index contributed by atoms with van der Waals surface area (Å²) in [5, 5.41) is 9.00. The van der Waals surface area contributed by atoms with Gasteiger partial charge in [0.1, 0.15) is 0 Å². The molecule has 0 aliphatic rings. The third kappa shape index (κ3) is 5.73. The molecule has 110 valence electrons. The van der Waals surface area contributed by atoms with E-state index in [0.29, 0.717) is 19.0 Å². The van der Waals surface area contributed by atoms with Gasteiger partial charge in [-0.1, -0.05) is 31.2 Å². The van der Waals surface area contributed by atoms with E-state index in [4.69, 9.17) is 0 Å². The van der Waals surface area contributed by atoms with Crippen molar-refractivity contribution in [3.63, 3.8) is 0 Å². The van der Waals surface area contributed by atoms with Crippen LogP contribution >= 0.6 is 0 Å². The molecule has 5 nitrogen and oxygen atoms in total. The van der Waals surface area contributed by atoms with Crippen molar-refractivity contribution in [1.82, 2.24) is 16.0 Å². The molecule has 5 heteroatoms. The van der Waals surface area contributed by atoms with E-state index in [0.717, 1.165) is 6.42 Å². The van der Waals surface area contributed by atoms with Gasteiger partial charge in [0.2, 0.25) is 5.91 Å². The van der Waals surface area contributed by atoms with Crippen LogP contribution in [0.1, 0.15) is 24.5 Å². The first kappa shape index (κ1) is 16.0. The van der Waals surface area contributed by atoms with Gasteiger partial charge in [-0.15, -0.1) is 0 Å². The molecule has 0 aliphatic heterocycles. The van der Waals surface area contributed by atoms with Crippen molar-refractivity contribution in [3.8, 4) is 0 Å². The molecule has 1 aromatic rings. The Labute approximate surface area is 120 Å². The molecule has 0 atom stereocenters. The van der Waals surface area contributed by atoms with Gasteiger partial charge in [0.25, 0.3) is 0 Å². The van der Waals surface area contributed by atoms with Crippen LogP contribution < -0.4 is 16.0 Å². The monoisotopic (exact) mass is 276 g/mol. The van der Waals surface area contributed by atoms with Crippen LogP contribution in [0.3, 0.4) is 0 Å². The number of rotatable bonds is 6. The number of hydrogen-bond acceptors (Lipinski definition) is 2. The number of aliphatic imine (C=N–C) groups is 1. The van der Waals surface area contributed by atoms with E-state index in [1.165, 1.54) is 11.1 Å². The summed E-state index contributed by atoms with van der Waals surface area (Å²) in [6.45, 7) is 5.72. The highest BCUT2D eigenvalue weighted by Gasteiger charge is 2.03. The van der Waals surface area contributed by atoms with Crippen molar-refractivity contribution in [2.45, 2.75) is 26.8 Å². The van der Waals surface area contributed by atoms with Gasteiger partial charge in [0.05, 0.1) is 6.54 Å². The van der Waals surface area contributed by atoms with Crippen LogP contribution in [-0.4, -0.2) is 32.0 Å². The fourth-order valence-corrected chi connectivity index (χ4v) is 1.70. The summed E-state index contributed by atoms with van der Waals surface area (Å²) in [7, 11) is 1.69. The minimum Gasteiger partial charge on any atom is -0.355 e.